The predicted molar refractivity (Wildman–Crippen MR) is 177 cm³/mol. The Kier molecular flexibility index (Phi) is 9.40. The maximum Gasteiger partial charge on any atom is 0.282 e. The van der Waals surface area contributed by atoms with E-state index in [0.29, 0.717) is 49.7 Å². The van der Waals surface area contributed by atoms with Crippen LogP contribution in [-0.4, -0.2) is 22.5 Å². The van der Waals surface area contributed by atoms with E-state index in [2.05, 4.69) is 18.9 Å². The van der Waals surface area contributed by atoms with Crippen LogP contribution in [0.4, 0.5) is 0 Å². The minimum Gasteiger partial charge on any atom is -0.494 e. The van der Waals surface area contributed by atoms with Gasteiger partial charge in [-0.15, -0.1) is 0 Å². The molecular formula is C34H30Cl3N3O3. The molecule has 0 aliphatic rings. The van der Waals surface area contributed by atoms with Gasteiger partial charge in [-0.1, -0.05) is 66.8 Å². The van der Waals surface area contributed by atoms with Crippen molar-refractivity contribution in [3.8, 4) is 22.9 Å². The van der Waals surface area contributed by atoms with Crippen LogP contribution in [-0.2, 0) is 6.61 Å². The molecular weight excluding hydrogens is 605 g/mol. The van der Waals surface area contributed by atoms with Crippen LogP contribution in [0.2, 0.25) is 15.1 Å². The van der Waals surface area contributed by atoms with Crippen molar-refractivity contribution in [1.82, 2.24) is 9.66 Å². The van der Waals surface area contributed by atoms with Gasteiger partial charge in [0.05, 0.1) is 23.7 Å². The Morgan fingerprint density at radius 3 is 2.42 bits per heavy atom. The number of hydrogen-bond acceptors (Lipinski definition) is 5. The number of nitrogens with zero attached hydrogens (tertiary/aromatic N) is 3. The molecule has 0 amide bonds. The maximum atomic E-state index is 13.9. The van der Waals surface area contributed by atoms with E-state index in [1.807, 2.05) is 50.2 Å². The minimum atomic E-state index is -0.298. The second-order valence-corrected chi connectivity index (χ2v) is 11.6. The summed E-state index contributed by atoms with van der Waals surface area (Å²) in [7, 11) is 0. The number of hydrogen-bond donors (Lipinski definition) is 0. The Balaban J connectivity index is 1.63. The summed E-state index contributed by atoms with van der Waals surface area (Å²) in [5.41, 5.74) is 4.35. The number of para-hydroxylation sites is 1. The molecule has 1 heterocycles. The highest BCUT2D eigenvalue weighted by atomic mass is 35.5. The molecule has 0 radical (unpaired) electrons. The molecule has 0 unspecified atom stereocenters. The van der Waals surface area contributed by atoms with Gasteiger partial charge < -0.3 is 9.47 Å². The van der Waals surface area contributed by atoms with Gasteiger partial charge in [0.2, 0.25) is 0 Å². The third kappa shape index (κ3) is 6.72. The molecule has 0 saturated heterocycles. The quantitative estimate of drug-likeness (QED) is 0.152. The van der Waals surface area contributed by atoms with Gasteiger partial charge in [0.25, 0.3) is 5.56 Å². The van der Waals surface area contributed by atoms with Crippen LogP contribution in [0.3, 0.4) is 0 Å². The summed E-state index contributed by atoms with van der Waals surface area (Å²) < 4.78 is 13.4. The van der Waals surface area contributed by atoms with Crippen molar-refractivity contribution in [3.63, 3.8) is 0 Å². The van der Waals surface area contributed by atoms with E-state index in [-0.39, 0.29) is 18.1 Å². The van der Waals surface area contributed by atoms with Crippen LogP contribution in [0, 0.1) is 6.92 Å². The standard InChI is InChI=1S/C34H30Cl3N3O3/c1-5-42-32-14-21(4)28(17-27(32)20(2)3)33-39-30-9-7-6-8-26(30)34(41)40(33)38-18-23-15-24(35)12-13-31(23)43-19-22-10-11-25(36)16-29(22)37/h6-18,20H,5,19H2,1-4H3. The molecule has 0 saturated carbocycles. The molecule has 4 aromatic carbocycles. The second kappa shape index (κ2) is 13.2. The maximum absolute atomic E-state index is 13.9. The number of aryl methyl sites for hydroxylation is 1. The summed E-state index contributed by atoms with van der Waals surface area (Å²) in [5.74, 6) is 1.94. The number of aromatic nitrogens is 2. The van der Waals surface area contributed by atoms with Crippen molar-refractivity contribution in [3.05, 3.63) is 120 Å². The third-order valence-electron chi connectivity index (χ3n) is 6.96. The van der Waals surface area contributed by atoms with Crippen LogP contribution in [0.1, 0.15) is 48.9 Å². The van der Waals surface area contributed by atoms with Crippen LogP contribution < -0.4 is 15.0 Å². The fraction of sp³-hybridized carbons (Fsp3) is 0.206. The summed E-state index contributed by atoms with van der Waals surface area (Å²) in [4.78, 5) is 18.8. The molecule has 5 rings (SSSR count). The molecule has 1 aromatic heterocycles. The fourth-order valence-corrected chi connectivity index (χ4v) is 5.39. The molecule has 0 fully saturated rings. The van der Waals surface area contributed by atoms with Gasteiger partial charge in [-0.3, -0.25) is 4.79 Å². The zero-order valence-electron chi connectivity index (χ0n) is 24.2. The molecule has 5 aromatic rings. The number of rotatable bonds is 9. The van der Waals surface area contributed by atoms with E-state index in [0.717, 1.165) is 28.0 Å². The lowest BCUT2D eigenvalue weighted by molar-refractivity contribution is 0.306. The zero-order valence-corrected chi connectivity index (χ0v) is 26.5. The summed E-state index contributed by atoms with van der Waals surface area (Å²) in [5, 5.41) is 6.66. The van der Waals surface area contributed by atoms with Crippen LogP contribution in [0.5, 0.6) is 11.5 Å². The summed E-state index contributed by atoms with van der Waals surface area (Å²) in [6, 6.07) is 21.7. The van der Waals surface area contributed by atoms with Crippen molar-refractivity contribution in [2.45, 2.75) is 40.2 Å². The number of ether oxygens (including phenoxy) is 2. The fourth-order valence-electron chi connectivity index (χ4n) is 4.74. The lowest BCUT2D eigenvalue weighted by atomic mass is 9.96. The van der Waals surface area contributed by atoms with Gasteiger partial charge in [0.1, 0.15) is 18.1 Å². The minimum absolute atomic E-state index is 0.186. The van der Waals surface area contributed by atoms with E-state index in [1.54, 1.807) is 42.6 Å². The van der Waals surface area contributed by atoms with Gasteiger partial charge in [-0.25, -0.2) is 4.98 Å². The van der Waals surface area contributed by atoms with Crippen molar-refractivity contribution in [1.29, 1.82) is 0 Å². The average molecular weight is 635 g/mol. The first-order valence-corrected chi connectivity index (χ1v) is 15.0. The van der Waals surface area contributed by atoms with Crippen molar-refractivity contribution in [2.75, 3.05) is 6.61 Å². The SMILES string of the molecule is CCOc1cc(C)c(-c2nc3ccccc3c(=O)n2N=Cc2cc(Cl)ccc2OCc2ccc(Cl)cc2Cl)cc1C(C)C. The van der Waals surface area contributed by atoms with Crippen LogP contribution in [0.15, 0.2) is 82.7 Å². The Bertz CT molecular complexity index is 1900. The van der Waals surface area contributed by atoms with Crippen molar-refractivity contribution in [2.24, 2.45) is 5.10 Å². The highest BCUT2D eigenvalue weighted by molar-refractivity contribution is 6.35. The smallest absolute Gasteiger partial charge is 0.282 e. The van der Waals surface area contributed by atoms with E-state index >= 15 is 0 Å². The monoisotopic (exact) mass is 633 g/mol. The third-order valence-corrected chi connectivity index (χ3v) is 7.78. The topological polar surface area (TPSA) is 65.7 Å². The molecule has 0 atom stereocenters. The first-order valence-electron chi connectivity index (χ1n) is 13.9. The predicted octanol–water partition coefficient (Wildman–Crippen LogP) is 9.32. The van der Waals surface area contributed by atoms with Gasteiger partial charge in [-0.05, 0) is 85.5 Å². The highest BCUT2D eigenvalue weighted by Gasteiger charge is 2.19. The van der Waals surface area contributed by atoms with Crippen LogP contribution >= 0.6 is 34.8 Å². The van der Waals surface area contributed by atoms with Crippen molar-refractivity contribution < 1.29 is 9.47 Å². The van der Waals surface area contributed by atoms with Gasteiger partial charge in [0.15, 0.2) is 5.82 Å². The molecule has 43 heavy (non-hydrogen) atoms. The summed E-state index contributed by atoms with van der Waals surface area (Å²) in [6.07, 6.45) is 1.55. The number of fused-ring (bicyclic) bond motifs is 1. The first kappa shape index (κ1) is 30.6. The molecule has 0 aliphatic heterocycles. The lowest BCUT2D eigenvalue weighted by Crippen LogP contribution is -2.21. The second-order valence-electron chi connectivity index (χ2n) is 10.3. The number of halogens is 3. The number of benzene rings is 4. The normalized spacial score (nSPS) is 11.5. The molecule has 6 nitrogen and oxygen atoms in total. The lowest BCUT2D eigenvalue weighted by Gasteiger charge is -2.18. The van der Waals surface area contributed by atoms with Gasteiger partial charge in [-0.2, -0.15) is 9.78 Å². The Morgan fingerprint density at radius 1 is 0.930 bits per heavy atom. The molecule has 0 aliphatic carbocycles. The Labute approximate surface area is 265 Å². The summed E-state index contributed by atoms with van der Waals surface area (Å²) in [6.45, 7) is 8.90. The van der Waals surface area contributed by atoms with Crippen LogP contribution in [0.25, 0.3) is 22.3 Å². The largest absolute Gasteiger partial charge is 0.494 e. The molecule has 220 valence electrons. The van der Waals surface area contributed by atoms with Gasteiger partial charge in [0, 0.05) is 31.8 Å². The van der Waals surface area contributed by atoms with E-state index < -0.39 is 0 Å². The molecule has 0 spiro atoms. The molecule has 9 heteroatoms. The van der Waals surface area contributed by atoms with E-state index in [9.17, 15) is 4.79 Å². The zero-order chi connectivity index (χ0) is 30.7. The average Bonchev–Trinajstić information content (AvgIpc) is 2.97. The highest BCUT2D eigenvalue weighted by Crippen LogP contribution is 2.34. The van der Waals surface area contributed by atoms with Gasteiger partial charge >= 0.3 is 0 Å². The molecule has 0 N–H and O–H groups in total. The van der Waals surface area contributed by atoms with E-state index in [1.165, 1.54) is 4.68 Å². The first-order chi connectivity index (χ1) is 20.7. The van der Waals surface area contributed by atoms with E-state index in [4.69, 9.17) is 49.3 Å². The Hall–Kier alpha value is -3.84. The summed E-state index contributed by atoms with van der Waals surface area (Å²) >= 11 is 18.7. The van der Waals surface area contributed by atoms with Crippen molar-refractivity contribution >= 4 is 51.9 Å². The Morgan fingerprint density at radius 2 is 1.67 bits per heavy atom. The molecule has 0 bridgehead atoms.